The molecule has 0 aliphatic carbocycles. The van der Waals surface area contributed by atoms with E-state index in [1.54, 1.807) is 12.1 Å². The molecule has 4 nitrogen and oxygen atoms in total. The van der Waals surface area contributed by atoms with E-state index in [2.05, 4.69) is 15.1 Å². The first kappa shape index (κ1) is 13.8. The number of rotatable bonds is 4. The van der Waals surface area contributed by atoms with E-state index in [-0.39, 0.29) is 5.82 Å². The topological polar surface area (TPSA) is 27.7 Å². The Morgan fingerprint density at radius 1 is 1.25 bits per heavy atom. The molecule has 2 heterocycles. The highest BCUT2D eigenvalue weighted by Crippen LogP contribution is 2.19. The van der Waals surface area contributed by atoms with Crippen LogP contribution < -0.4 is 10.1 Å². The predicted molar refractivity (Wildman–Crippen MR) is 76.5 cm³/mol. The smallest absolute Gasteiger partial charge is 0.165 e. The van der Waals surface area contributed by atoms with Crippen LogP contribution in [0.25, 0.3) is 0 Å². The Morgan fingerprint density at radius 2 is 2.00 bits per heavy atom. The molecule has 0 aromatic heterocycles. The van der Waals surface area contributed by atoms with Gasteiger partial charge in [-0.3, -0.25) is 9.80 Å². The molecule has 2 fully saturated rings. The highest BCUT2D eigenvalue weighted by Gasteiger charge is 2.27. The molecule has 0 spiro atoms. The summed E-state index contributed by atoms with van der Waals surface area (Å²) < 4.78 is 18.6. The minimum atomic E-state index is -0.274. The fraction of sp³-hybridized carbons (Fsp3) is 0.600. The van der Waals surface area contributed by atoms with Crippen LogP contribution in [-0.2, 0) is 6.54 Å². The predicted octanol–water partition coefficient (Wildman–Crippen LogP) is 0.924. The van der Waals surface area contributed by atoms with Crippen molar-refractivity contribution >= 4 is 0 Å². The van der Waals surface area contributed by atoms with Crippen LogP contribution in [0.2, 0.25) is 0 Å². The van der Waals surface area contributed by atoms with Crippen molar-refractivity contribution in [2.24, 2.45) is 0 Å². The third-order valence-corrected chi connectivity index (χ3v) is 4.31. The second kappa shape index (κ2) is 6.08. The molecule has 3 rings (SSSR count). The number of nitrogens with one attached hydrogen (secondary N) is 1. The van der Waals surface area contributed by atoms with Crippen molar-refractivity contribution in [3.8, 4) is 5.75 Å². The fourth-order valence-electron chi connectivity index (χ4n) is 2.88. The van der Waals surface area contributed by atoms with Crippen LogP contribution in [0.3, 0.4) is 0 Å². The largest absolute Gasteiger partial charge is 0.494 e. The van der Waals surface area contributed by atoms with E-state index < -0.39 is 0 Å². The first-order valence-corrected chi connectivity index (χ1v) is 7.26. The van der Waals surface area contributed by atoms with Gasteiger partial charge in [-0.05, 0) is 17.7 Å². The summed E-state index contributed by atoms with van der Waals surface area (Å²) in [5, 5.41) is 3.32. The molecule has 0 amide bonds. The van der Waals surface area contributed by atoms with E-state index in [4.69, 9.17) is 4.74 Å². The van der Waals surface area contributed by atoms with Gasteiger partial charge in [0.15, 0.2) is 11.6 Å². The highest BCUT2D eigenvalue weighted by molar-refractivity contribution is 5.29. The molecule has 1 N–H and O–H groups in total. The molecule has 0 atom stereocenters. The average molecular weight is 279 g/mol. The summed E-state index contributed by atoms with van der Waals surface area (Å²) in [6.07, 6.45) is 0. The zero-order chi connectivity index (χ0) is 13.9. The summed E-state index contributed by atoms with van der Waals surface area (Å²) in [5.41, 5.74) is 1.02. The molecule has 1 aromatic carbocycles. The minimum absolute atomic E-state index is 0.274. The lowest BCUT2D eigenvalue weighted by atomic mass is 10.1. The maximum Gasteiger partial charge on any atom is 0.165 e. The summed E-state index contributed by atoms with van der Waals surface area (Å²) in [6, 6.07) is 5.97. The van der Waals surface area contributed by atoms with Crippen LogP contribution in [0.15, 0.2) is 18.2 Å². The Kier molecular flexibility index (Phi) is 4.19. The van der Waals surface area contributed by atoms with Crippen molar-refractivity contribution in [2.45, 2.75) is 12.6 Å². The van der Waals surface area contributed by atoms with Gasteiger partial charge in [0.1, 0.15) is 0 Å². The summed E-state index contributed by atoms with van der Waals surface area (Å²) in [6.45, 7) is 7.43. The number of halogens is 1. The lowest BCUT2D eigenvalue weighted by molar-refractivity contribution is 0.0695. The van der Waals surface area contributed by atoms with Crippen LogP contribution in [0, 0.1) is 5.82 Å². The minimum Gasteiger partial charge on any atom is -0.494 e. The number of piperazine rings is 1. The first-order chi connectivity index (χ1) is 9.76. The fourth-order valence-corrected chi connectivity index (χ4v) is 2.88. The normalized spacial score (nSPS) is 21.7. The summed E-state index contributed by atoms with van der Waals surface area (Å²) in [5.74, 6) is 0.0419. The molecule has 1 aromatic rings. The number of ether oxygens (including phenoxy) is 1. The van der Waals surface area contributed by atoms with Gasteiger partial charge in [-0.2, -0.15) is 0 Å². The average Bonchev–Trinajstić information content (AvgIpc) is 2.39. The van der Waals surface area contributed by atoms with Crippen LogP contribution in [0.4, 0.5) is 4.39 Å². The Morgan fingerprint density at radius 3 is 2.55 bits per heavy atom. The molecule has 20 heavy (non-hydrogen) atoms. The molecule has 2 aliphatic rings. The quantitative estimate of drug-likeness (QED) is 0.887. The third kappa shape index (κ3) is 2.95. The molecule has 110 valence electrons. The third-order valence-electron chi connectivity index (χ3n) is 4.31. The van der Waals surface area contributed by atoms with E-state index in [9.17, 15) is 4.39 Å². The number of methoxy groups -OCH3 is 1. The van der Waals surface area contributed by atoms with Gasteiger partial charge in [-0.1, -0.05) is 6.07 Å². The molecule has 0 radical (unpaired) electrons. The lowest BCUT2D eigenvalue weighted by Gasteiger charge is -2.43. The van der Waals surface area contributed by atoms with Crippen molar-refractivity contribution in [3.63, 3.8) is 0 Å². The van der Waals surface area contributed by atoms with Crippen molar-refractivity contribution in [1.29, 1.82) is 0 Å². The SMILES string of the molecule is COc1ccc(CN2CCN(C3CNC3)CC2)cc1F. The summed E-state index contributed by atoms with van der Waals surface area (Å²) >= 11 is 0. The van der Waals surface area contributed by atoms with E-state index in [0.29, 0.717) is 5.75 Å². The maximum atomic E-state index is 13.7. The number of nitrogens with zero attached hydrogens (tertiary/aromatic N) is 2. The van der Waals surface area contributed by atoms with E-state index in [0.717, 1.165) is 57.4 Å². The molecular weight excluding hydrogens is 257 g/mol. The van der Waals surface area contributed by atoms with Crippen LogP contribution in [0.1, 0.15) is 5.56 Å². The molecule has 0 bridgehead atoms. The number of hydrogen-bond acceptors (Lipinski definition) is 4. The second-order valence-corrected chi connectivity index (χ2v) is 5.59. The first-order valence-electron chi connectivity index (χ1n) is 7.26. The molecule has 2 saturated heterocycles. The monoisotopic (exact) mass is 279 g/mol. The zero-order valence-electron chi connectivity index (χ0n) is 11.9. The van der Waals surface area contributed by atoms with Crippen LogP contribution in [0.5, 0.6) is 5.75 Å². The van der Waals surface area contributed by atoms with Gasteiger partial charge in [-0.15, -0.1) is 0 Å². The van der Waals surface area contributed by atoms with Gasteiger partial charge >= 0.3 is 0 Å². The Hall–Kier alpha value is -1.17. The van der Waals surface area contributed by atoms with Gasteiger partial charge in [0.2, 0.25) is 0 Å². The van der Waals surface area contributed by atoms with E-state index in [1.807, 2.05) is 6.07 Å². The molecule has 2 aliphatic heterocycles. The van der Waals surface area contributed by atoms with Gasteiger partial charge in [0.25, 0.3) is 0 Å². The lowest BCUT2D eigenvalue weighted by Crippen LogP contribution is -2.61. The van der Waals surface area contributed by atoms with Gasteiger partial charge in [-0.25, -0.2) is 4.39 Å². The summed E-state index contributed by atoms with van der Waals surface area (Å²) in [4.78, 5) is 4.95. The van der Waals surface area contributed by atoms with Gasteiger partial charge in [0.05, 0.1) is 7.11 Å². The Bertz CT molecular complexity index is 456. The van der Waals surface area contributed by atoms with Gasteiger partial charge in [0, 0.05) is 51.9 Å². The second-order valence-electron chi connectivity index (χ2n) is 5.59. The molecule has 5 heteroatoms. The number of hydrogen-bond donors (Lipinski definition) is 1. The Balaban J connectivity index is 1.52. The Labute approximate surface area is 119 Å². The zero-order valence-corrected chi connectivity index (χ0v) is 11.9. The van der Waals surface area contributed by atoms with E-state index >= 15 is 0 Å². The molecule has 0 unspecified atom stereocenters. The summed E-state index contributed by atoms with van der Waals surface area (Å²) in [7, 11) is 1.49. The van der Waals surface area contributed by atoms with Crippen molar-refractivity contribution in [1.82, 2.24) is 15.1 Å². The maximum absolute atomic E-state index is 13.7. The van der Waals surface area contributed by atoms with Crippen molar-refractivity contribution in [3.05, 3.63) is 29.6 Å². The van der Waals surface area contributed by atoms with Crippen molar-refractivity contribution < 1.29 is 9.13 Å². The molecular formula is C15H22FN3O. The molecule has 0 saturated carbocycles. The van der Waals surface area contributed by atoms with E-state index in [1.165, 1.54) is 7.11 Å². The van der Waals surface area contributed by atoms with Gasteiger partial charge < -0.3 is 10.1 Å². The number of benzene rings is 1. The van der Waals surface area contributed by atoms with Crippen LogP contribution in [-0.4, -0.2) is 62.2 Å². The van der Waals surface area contributed by atoms with Crippen molar-refractivity contribution in [2.75, 3.05) is 46.4 Å². The van der Waals surface area contributed by atoms with Crippen LogP contribution >= 0.6 is 0 Å². The highest BCUT2D eigenvalue weighted by atomic mass is 19.1. The standard InChI is InChI=1S/C15H22FN3O/c1-20-15-3-2-12(8-14(15)16)11-18-4-6-19(7-5-18)13-9-17-10-13/h2-3,8,13,17H,4-7,9-11H2,1H3.